The SMILES string of the molecule is Cc1ccc(Cn2cnc3c2c(=O)n(C)c(=O)n3C)cc1C. The summed E-state index contributed by atoms with van der Waals surface area (Å²) in [6.07, 6.45) is 1.61. The maximum Gasteiger partial charge on any atom is 0.332 e. The van der Waals surface area contributed by atoms with Gasteiger partial charge < -0.3 is 4.57 Å². The first-order valence-corrected chi connectivity index (χ1v) is 7.07. The van der Waals surface area contributed by atoms with Crippen molar-refractivity contribution in [3.05, 3.63) is 62.1 Å². The van der Waals surface area contributed by atoms with Crippen molar-refractivity contribution in [3.63, 3.8) is 0 Å². The average molecular weight is 298 g/mol. The minimum atomic E-state index is -0.367. The molecule has 3 aromatic rings. The lowest BCUT2D eigenvalue weighted by molar-refractivity contribution is 0.702. The Bertz CT molecular complexity index is 992. The van der Waals surface area contributed by atoms with E-state index in [0.29, 0.717) is 17.7 Å². The molecule has 22 heavy (non-hydrogen) atoms. The summed E-state index contributed by atoms with van der Waals surface area (Å²) in [5.41, 5.74) is 3.71. The molecule has 0 aliphatic carbocycles. The fourth-order valence-corrected chi connectivity index (χ4v) is 2.62. The summed E-state index contributed by atoms with van der Waals surface area (Å²) < 4.78 is 4.30. The van der Waals surface area contributed by atoms with Crippen LogP contribution < -0.4 is 11.2 Å². The van der Waals surface area contributed by atoms with E-state index < -0.39 is 0 Å². The van der Waals surface area contributed by atoms with E-state index in [1.807, 2.05) is 6.07 Å². The Morgan fingerprint density at radius 2 is 1.77 bits per heavy atom. The van der Waals surface area contributed by atoms with Crippen molar-refractivity contribution >= 4 is 11.2 Å². The van der Waals surface area contributed by atoms with Crippen LogP contribution in [0.2, 0.25) is 0 Å². The first-order chi connectivity index (χ1) is 10.4. The van der Waals surface area contributed by atoms with Gasteiger partial charge in [0.15, 0.2) is 11.2 Å². The van der Waals surface area contributed by atoms with Crippen LogP contribution in [0, 0.1) is 13.8 Å². The number of fused-ring (bicyclic) bond motifs is 1. The Kier molecular flexibility index (Phi) is 3.24. The van der Waals surface area contributed by atoms with Gasteiger partial charge in [-0.3, -0.25) is 13.9 Å². The summed E-state index contributed by atoms with van der Waals surface area (Å²) in [7, 11) is 3.11. The molecule has 0 spiro atoms. The third-order valence-electron chi connectivity index (χ3n) is 4.14. The highest BCUT2D eigenvalue weighted by Crippen LogP contribution is 2.13. The van der Waals surface area contributed by atoms with Crippen LogP contribution in [0.5, 0.6) is 0 Å². The van der Waals surface area contributed by atoms with E-state index >= 15 is 0 Å². The van der Waals surface area contributed by atoms with Crippen molar-refractivity contribution in [1.29, 1.82) is 0 Å². The Hall–Kier alpha value is -2.63. The Balaban J connectivity index is 2.18. The van der Waals surface area contributed by atoms with Crippen LogP contribution in [0.3, 0.4) is 0 Å². The summed E-state index contributed by atoms with van der Waals surface area (Å²) in [4.78, 5) is 28.5. The molecule has 6 heteroatoms. The molecule has 3 rings (SSSR count). The third kappa shape index (κ3) is 2.07. The molecule has 114 valence electrons. The van der Waals surface area contributed by atoms with Gasteiger partial charge >= 0.3 is 5.69 Å². The van der Waals surface area contributed by atoms with Gasteiger partial charge in [-0.2, -0.15) is 0 Å². The number of hydrogen-bond acceptors (Lipinski definition) is 3. The van der Waals surface area contributed by atoms with Crippen LogP contribution >= 0.6 is 0 Å². The van der Waals surface area contributed by atoms with Gasteiger partial charge in [0.1, 0.15) is 0 Å². The van der Waals surface area contributed by atoms with Gasteiger partial charge in [0.2, 0.25) is 0 Å². The van der Waals surface area contributed by atoms with Crippen LogP contribution in [-0.2, 0) is 20.6 Å². The van der Waals surface area contributed by atoms with Crippen molar-refractivity contribution in [3.8, 4) is 0 Å². The maximum atomic E-state index is 12.4. The minimum Gasteiger partial charge on any atom is -0.320 e. The largest absolute Gasteiger partial charge is 0.332 e. The summed E-state index contributed by atoms with van der Waals surface area (Å²) in [5.74, 6) is 0. The molecule has 0 atom stereocenters. The van der Waals surface area contributed by atoms with Gasteiger partial charge in [0.25, 0.3) is 5.56 Å². The van der Waals surface area contributed by atoms with E-state index in [1.165, 1.54) is 22.7 Å². The molecule has 0 radical (unpaired) electrons. The number of nitrogens with zero attached hydrogens (tertiary/aromatic N) is 4. The molecule has 6 nitrogen and oxygen atoms in total. The van der Waals surface area contributed by atoms with Gasteiger partial charge in [-0.05, 0) is 30.5 Å². The highest BCUT2D eigenvalue weighted by Gasteiger charge is 2.14. The van der Waals surface area contributed by atoms with E-state index in [2.05, 4.69) is 31.0 Å². The molecule has 1 aromatic carbocycles. The number of hydrogen-bond donors (Lipinski definition) is 0. The lowest BCUT2D eigenvalue weighted by atomic mass is 10.1. The summed E-state index contributed by atoms with van der Waals surface area (Å²) in [6.45, 7) is 4.68. The van der Waals surface area contributed by atoms with Crippen molar-refractivity contribution in [2.45, 2.75) is 20.4 Å². The number of aryl methyl sites for hydroxylation is 3. The van der Waals surface area contributed by atoms with Gasteiger partial charge in [0, 0.05) is 20.6 Å². The standard InChI is InChI=1S/C16H18N4O2/c1-10-5-6-12(7-11(10)2)8-20-9-17-14-13(20)15(21)19(4)16(22)18(14)3/h5-7,9H,8H2,1-4H3. The van der Waals surface area contributed by atoms with Gasteiger partial charge in [-0.1, -0.05) is 18.2 Å². The molecule has 2 heterocycles. The average Bonchev–Trinajstić information content (AvgIpc) is 2.90. The number of rotatable bonds is 2. The van der Waals surface area contributed by atoms with Crippen molar-refractivity contribution in [2.24, 2.45) is 14.1 Å². The number of aromatic nitrogens is 4. The number of imidazole rings is 1. The molecular weight excluding hydrogens is 280 g/mol. The Morgan fingerprint density at radius 1 is 1.05 bits per heavy atom. The van der Waals surface area contributed by atoms with Gasteiger partial charge in [-0.15, -0.1) is 0 Å². The van der Waals surface area contributed by atoms with Crippen LogP contribution in [0.15, 0.2) is 34.1 Å². The first-order valence-electron chi connectivity index (χ1n) is 7.07. The molecule has 0 saturated carbocycles. The minimum absolute atomic E-state index is 0.320. The van der Waals surface area contributed by atoms with Crippen LogP contribution in [0.4, 0.5) is 0 Å². The summed E-state index contributed by atoms with van der Waals surface area (Å²) in [5, 5.41) is 0. The number of benzene rings is 1. The van der Waals surface area contributed by atoms with Crippen molar-refractivity contribution < 1.29 is 0 Å². The second-order valence-corrected chi connectivity index (χ2v) is 5.67. The lowest BCUT2D eigenvalue weighted by Gasteiger charge is -2.08. The zero-order valence-corrected chi connectivity index (χ0v) is 13.1. The van der Waals surface area contributed by atoms with Crippen molar-refractivity contribution in [1.82, 2.24) is 18.7 Å². The lowest BCUT2D eigenvalue weighted by Crippen LogP contribution is -2.37. The Labute approximate surface area is 127 Å². The fraction of sp³-hybridized carbons (Fsp3) is 0.312. The summed E-state index contributed by atoms with van der Waals surface area (Å²) in [6, 6.07) is 6.21. The molecule has 0 aliphatic rings. The zero-order valence-electron chi connectivity index (χ0n) is 13.1. The molecule has 0 amide bonds. The molecular formula is C16H18N4O2. The topological polar surface area (TPSA) is 61.8 Å². The normalized spacial score (nSPS) is 11.3. The van der Waals surface area contributed by atoms with E-state index in [0.717, 1.165) is 10.1 Å². The quantitative estimate of drug-likeness (QED) is 0.712. The van der Waals surface area contributed by atoms with E-state index in [9.17, 15) is 9.59 Å². The monoisotopic (exact) mass is 298 g/mol. The smallest absolute Gasteiger partial charge is 0.320 e. The second kappa shape index (κ2) is 4.98. The molecule has 0 bridgehead atoms. The summed E-state index contributed by atoms with van der Waals surface area (Å²) >= 11 is 0. The first kappa shape index (κ1) is 14.3. The predicted molar refractivity (Wildman–Crippen MR) is 85.2 cm³/mol. The molecule has 0 aliphatic heterocycles. The van der Waals surface area contributed by atoms with E-state index in [1.54, 1.807) is 17.9 Å². The van der Waals surface area contributed by atoms with E-state index in [4.69, 9.17) is 0 Å². The van der Waals surface area contributed by atoms with Crippen LogP contribution in [-0.4, -0.2) is 18.7 Å². The van der Waals surface area contributed by atoms with Gasteiger partial charge in [-0.25, -0.2) is 9.78 Å². The molecule has 0 saturated heterocycles. The Morgan fingerprint density at radius 3 is 2.45 bits per heavy atom. The predicted octanol–water partition coefficient (Wildman–Crippen LogP) is 1.10. The maximum absolute atomic E-state index is 12.4. The second-order valence-electron chi connectivity index (χ2n) is 5.67. The highest BCUT2D eigenvalue weighted by molar-refractivity contribution is 5.70. The molecule has 0 fully saturated rings. The van der Waals surface area contributed by atoms with E-state index in [-0.39, 0.29) is 11.2 Å². The van der Waals surface area contributed by atoms with Gasteiger partial charge in [0.05, 0.1) is 6.33 Å². The molecule has 0 unspecified atom stereocenters. The van der Waals surface area contributed by atoms with Crippen molar-refractivity contribution in [2.75, 3.05) is 0 Å². The molecule has 0 N–H and O–H groups in total. The fourth-order valence-electron chi connectivity index (χ4n) is 2.62. The third-order valence-corrected chi connectivity index (χ3v) is 4.14. The molecule has 2 aromatic heterocycles. The van der Waals surface area contributed by atoms with Crippen LogP contribution in [0.1, 0.15) is 16.7 Å². The van der Waals surface area contributed by atoms with Crippen LogP contribution in [0.25, 0.3) is 11.2 Å². The highest BCUT2D eigenvalue weighted by atomic mass is 16.2. The zero-order chi connectivity index (χ0) is 16.0.